The van der Waals surface area contributed by atoms with Crippen LogP contribution in [0.25, 0.3) is 16.0 Å². The summed E-state index contributed by atoms with van der Waals surface area (Å²) in [5.41, 5.74) is 1.65. The summed E-state index contributed by atoms with van der Waals surface area (Å²) >= 11 is 0. The second-order valence-electron chi connectivity index (χ2n) is 5.52. The van der Waals surface area contributed by atoms with Crippen LogP contribution in [0.2, 0.25) is 0 Å². The van der Waals surface area contributed by atoms with Gasteiger partial charge in [0.15, 0.2) is 0 Å². The summed E-state index contributed by atoms with van der Waals surface area (Å²) in [4.78, 5) is 0. The minimum Gasteiger partial charge on any atom is -0.665 e. The van der Waals surface area contributed by atoms with Gasteiger partial charge in [-0.15, -0.1) is 12.1 Å². The molecular weight excluding hydrogens is 306 g/mol. The van der Waals surface area contributed by atoms with Gasteiger partial charge >= 0.3 is 21.7 Å². The summed E-state index contributed by atoms with van der Waals surface area (Å²) in [6, 6.07) is 0. The Labute approximate surface area is 155 Å². The van der Waals surface area contributed by atoms with Crippen molar-refractivity contribution in [2.45, 2.75) is 53.0 Å². The number of allylic oxidation sites excluding steroid dienone is 3. The molecule has 0 bridgehead atoms. The number of hydrogen-bond acceptors (Lipinski definition) is 0. The number of rotatable bonds is 5. The van der Waals surface area contributed by atoms with Gasteiger partial charge in [-0.25, -0.2) is 0 Å². The molecule has 0 fully saturated rings. The van der Waals surface area contributed by atoms with Crippen LogP contribution in [0.15, 0.2) is 23.8 Å². The Bertz CT molecular complexity index is 248. The van der Waals surface area contributed by atoms with Crippen molar-refractivity contribution < 1.29 is 21.7 Å². The first-order valence-electron chi connectivity index (χ1n) is 7.55. The summed E-state index contributed by atoms with van der Waals surface area (Å²) in [5.74, 6) is 0. The van der Waals surface area contributed by atoms with Gasteiger partial charge in [0, 0.05) is 0 Å². The first-order chi connectivity index (χ1) is 9.41. The van der Waals surface area contributed by atoms with Crippen LogP contribution in [0.1, 0.15) is 47.5 Å². The van der Waals surface area contributed by atoms with Crippen LogP contribution in [-0.2, 0) is 21.7 Å². The third-order valence-corrected chi connectivity index (χ3v) is 2.50. The third-order valence-electron chi connectivity index (χ3n) is 2.50. The average molecular weight is 343 g/mol. The van der Waals surface area contributed by atoms with Crippen LogP contribution in [0.5, 0.6) is 0 Å². The molecular formula is C18H37N3Ti. The molecule has 0 amide bonds. The van der Waals surface area contributed by atoms with Crippen molar-refractivity contribution in [1.29, 1.82) is 0 Å². The second-order valence-corrected chi connectivity index (χ2v) is 5.52. The van der Waals surface area contributed by atoms with Crippen molar-refractivity contribution in [3.63, 3.8) is 0 Å². The molecule has 1 aliphatic carbocycles. The zero-order valence-corrected chi connectivity index (χ0v) is 17.7. The minimum atomic E-state index is 0. The van der Waals surface area contributed by atoms with E-state index in [2.05, 4.69) is 54.9 Å². The van der Waals surface area contributed by atoms with E-state index in [9.17, 15) is 0 Å². The Morgan fingerprint density at radius 2 is 1.50 bits per heavy atom. The fourth-order valence-electron chi connectivity index (χ4n) is 1.21. The summed E-state index contributed by atoms with van der Waals surface area (Å²) < 4.78 is 0. The minimum absolute atomic E-state index is 0. The van der Waals surface area contributed by atoms with Crippen molar-refractivity contribution in [3.8, 4) is 0 Å². The molecule has 0 spiro atoms. The van der Waals surface area contributed by atoms with Gasteiger partial charge in [0.2, 0.25) is 0 Å². The van der Waals surface area contributed by atoms with Gasteiger partial charge < -0.3 is 23.4 Å². The molecule has 1 aliphatic rings. The zero-order valence-electron chi connectivity index (χ0n) is 16.1. The predicted octanol–water partition coefficient (Wildman–Crippen LogP) is 5.90. The van der Waals surface area contributed by atoms with E-state index in [0.29, 0.717) is 0 Å². The molecule has 0 aromatic heterocycles. The average Bonchev–Trinajstić information content (AvgIpc) is 2.91. The maximum atomic E-state index is 4.55. The van der Waals surface area contributed by atoms with Crippen LogP contribution >= 0.6 is 0 Å². The molecule has 0 atom stereocenters. The van der Waals surface area contributed by atoms with E-state index in [1.54, 1.807) is 14.1 Å². The fraction of sp³-hybridized carbons (Fsp3) is 0.722. The van der Waals surface area contributed by atoms with Crippen molar-refractivity contribution in [1.82, 2.24) is 0 Å². The Morgan fingerprint density at radius 3 is 1.77 bits per heavy atom. The molecule has 22 heavy (non-hydrogen) atoms. The van der Waals surface area contributed by atoms with Crippen LogP contribution < -0.4 is 0 Å². The van der Waals surface area contributed by atoms with Gasteiger partial charge in [-0.2, -0.15) is 27.2 Å². The molecule has 3 nitrogen and oxygen atoms in total. The normalized spacial score (nSPS) is 11.9. The van der Waals surface area contributed by atoms with Crippen molar-refractivity contribution >= 4 is 0 Å². The van der Waals surface area contributed by atoms with Gasteiger partial charge in [0.25, 0.3) is 0 Å². The van der Waals surface area contributed by atoms with Gasteiger partial charge in [0.1, 0.15) is 0 Å². The van der Waals surface area contributed by atoms with Crippen molar-refractivity contribution in [3.05, 3.63) is 47.2 Å². The Hall–Kier alpha value is 0.0743. The molecule has 0 aliphatic heterocycles. The number of nitrogens with zero attached hydrogens (tertiary/aromatic N) is 3. The summed E-state index contributed by atoms with van der Waals surface area (Å²) in [7, 11) is 3.61. The van der Waals surface area contributed by atoms with Gasteiger partial charge in [-0.1, -0.05) is 64.8 Å². The van der Waals surface area contributed by atoms with E-state index in [-0.39, 0.29) is 34.7 Å². The molecule has 1 rings (SSSR count). The second kappa shape index (κ2) is 21.1. The maximum absolute atomic E-state index is 4.55. The van der Waals surface area contributed by atoms with E-state index < -0.39 is 0 Å². The molecule has 0 N–H and O–H groups in total. The fourth-order valence-corrected chi connectivity index (χ4v) is 1.21. The predicted molar refractivity (Wildman–Crippen MR) is 100 cm³/mol. The van der Waals surface area contributed by atoms with Crippen molar-refractivity contribution in [2.24, 2.45) is 0 Å². The summed E-state index contributed by atoms with van der Waals surface area (Å²) in [6.45, 7) is 13.3. The van der Waals surface area contributed by atoms with E-state index in [1.165, 1.54) is 5.57 Å². The SMILES string of the molecule is CC(C)(C)[N-]CCC1=CC=CC1.CC[N-]C.CC[N-]C.[CH3-].[Ti+4]. The maximum Gasteiger partial charge on any atom is 4.00 e. The molecule has 0 aromatic carbocycles. The number of hydrogen-bond donors (Lipinski definition) is 0. The molecule has 0 aromatic rings. The molecule has 0 heterocycles. The smallest absolute Gasteiger partial charge is 0.665 e. The first kappa shape index (κ1) is 30.0. The van der Waals surface area contributed by atoms with E-state index >= 15 is 0 Å². The quantitative estimate of drug-likeness (QED) is 0.440. The first-order valence-corrected chi connectivity index (χ1v) is 7.55. The Balaban J connectivity index is -0.000000138. The molecule has 0 saturated heterocycles. The Kier molecular flexibility index (Phi) is 28.7. The monoisotopic (exact) mass is 343 g/mol. The van der Waals surface area contributed by atoms with Crippen LogP contribution in [0.3, 0.4) is 0 Å². The van der Waals surface area contributed by atoms with Crippen molar-refractivity contribution in [2.75, 3.05) is 33.7 Å². The molecule has 0 unspecified atom stereocenters. The summed E-state index contributed by atoms with van der Waals surface area (Å²) in [5, 5.41) is 12.0. The van der Waals surface area contributed by atoms with Gasteiger partial charge in [-0.05, 0) is 6.42 Å². The van der Waals surface area contributed by atoms with Crippen LogP contribution in [-0.4, -0.2) is 39.3 Å². The van der Waals surface area contributed by atoms with E-state index in [0.717, 1.165) is 32.5 Å². The van der Waals surface area contributed by atoms with E-state index in [1.807, 2.05) is 13.8 Å². The van der Waals surface area contributed by atoms with Gasteiger partial charge in [0.05, 0.1) is 0 Å². The topological polar surface area (TPSA) is 42.3 Å². The summed E-state index contributed by atoms with van der Waals surface area (Å²) in [6.07, 6.45) is 8.81. The Morgan fingerprint density at radius 1 is 1.05 bits per heavy atom. The largest absolute Gasteiger partial charge is 4.00 e. The molecule has 4 heteroatoms. The third kappa shape index (κ3) is 28.3. The zero-order chi connectivity index (χ0) is 15.9. The standard InChI is InChI=1S/C11H18N.2C3H8N.CH3.Ti/c1-11(2,3)12-9-8-10-6-4-5-7-10;2*1-3-4-2;;/h4-6H,7-9H2,1-3H3;2*3H2,1-2H3;1H3;/q4*-1;+4. The van der Waals surface area contributed by atoms with Crippen LogP contribution in [0.4, 0.5) is 0 Å². The molecule has 0 saturated carbocycles. The van der Waals surface area contributed by atoms with E-state index in [4.69, 9.17) is 0 Å². The molecule has 0 radical (unpaired) electrons. The van der Waals surface area contributed by atoms with Crippen LogP contribution in [0, 0.1) is 7.43 Å². The molecule has 128 valence electrons. The van der Waals surface area contributed by atoms with Gasteiger partial charge in [-0.3, -0.25) is 0 Å².